The minimum atomic E-state index is -3.77. The van der Waals surface area contributed by atoms with Gasteiger partial charge in [-0.15, -0.1) is 0 Å². The number of sulfonamides is 1. The molecule has 0 aromatic heterocycles. The van der Waals surface area contributed by atoms with Gasteiger partial charge in [-0.1, -0.05) is 30.3 Å². The Balaban J connectivity index is 2.43. The topological polar surface area (TPSA) is 101 Å². The van der Waals surface area contributed by atoms with Gasteiger partial charge in [-0.3, -0.25) is 4.31 Å². The van der Waals surface area contributed by atoms with Crippen molar-refractivity contribution in [1.82, 2.24) is 0 Å². The van der Waals surface area contributed by atoms with Crippen LogP contribution in [0.25, 0.3) is 0 Å². The van der Waals surface area contributed by atoms with Crippen LogP contribution < -0.4 is 4.31 Å². The summed E-state index contributed by atoms with van der Waals surface area (Å²) in [5.41, 5.74) is 0.409. The molecule has 0 bridgehead atoms. The molecule has 0 radical (unpaired) electrons. The number of methoxy groups -OCH3 is 1. The van der Waals surface area contributed by atoms with Crippen molar-refractivity contribution in [2.24, 2.45) is 0 Å². The first kappa shape index (κ1) is 18.5. The Morgan fingerprint density at radius 2 is 1.68 bits per heavy atom. The van der Waals surface area contributed by atoms with Crippen molar-refractivity contribution in [3.63, 3.8) is 0 Å². The lowest BCUT2D eigenvalue weighted by molar-refractivity contribution is 0.0600. The van der Waals surface area contributed by atoms with Crippen LogP contribution in [0.4, 0.5) is 5.69 Å². The second-order valence-corrected chi connectivity index (χ2v) is 7.27. The van der Waals surface area contributed by atoms with Crippen LogP contribution in [-0.2, 0) is 20.5 Å². The normalized spacial score (nSPS) is 11.0. The fourth-order valence-corrected chi connectivity index (χ4v) is 3.43. The second kappa shape index (κ2) is 7.35. The lowest BCUT2D eigenvalue weighted by atomic mass is 10.1. The number of carboxylic acid groups (broad SMARTS) is 1. The molecule has 0 aliphatic rings. The van der Waals surface area contributed by atoms with E-state index in [2.05, 4.69) is 4.74 Å². The Morgan fingerprint density at radius 1 is 1.08 bits per heavy atom. The lowest BCUT2D eigenvalue weighted by Gasteiger charge is -2.20. The fraction of sp³-hybridized carbons (Fsp3) is 0.176. The quantitative estimate of drug-likeness (QED) is 0.789. The van der Waals surface area contributed by atoms with Crippen molar-refractivity contribution < 1.29 is 27.9 Å². The average Bonchev–Trinajstić information content (AvgIpc) is 2.60. The third-order valence-corrected chi connectivity index (χ3v) is 5.30. The molecular formula is C17H17NO6S. The fourth-order valence-electron chi connectivity index (χ4n) is 2.19. The van der Waals surface area contributed by atoms with E-state index >= 15 is 0 Å². The minimum Gasteiger partial charge on any atom is -0.478 e. The summed E-state index contributed by atoms with van der Waals surface area (Å²) < 4.78 is 30.7. The van der Waals surface area contributed by atoms with Crippen LogP contribution in [0.2, 0.25) is 0 Å². The Kier molecular flexibility index (Phi) is 5.43. The number of aromatic carboxylic acids is 1. The maximum Gasteiger partial charge on any atom is 0.337 e. The Morgan fingerprint density at radius 3 is 2.24 bits per heavy atom. The predicted molar refractivity (Wildman–Crippen MR) is 92.2 cm³/mol. The molecule has 0 fully saturated rings. The molecule has 0 atom stereocenters. The summed E-state index contributed by atoms with van der Waals surface area (Å²) >= 11 is 0. The van der Waals surface area contributed by atoms with Crippen molar-refractivity contribution in [2.45, 2.75) is 5.75 Å². The maximum atomic E-state index is 12.6. The second-order valence-electron chi connectivity index (χ2n) is 5.27. The number of ether oxygens (including phenoxy) is 1. The van der Waals surface area contributed by atoms with Crippen LogP contribution in [0.15, 0.2) is 48.5 Å². The Hall–Kier alpha value is -2.87. The highest BCUT2D eigenvalue weighted by Crippen LogP contribution is 2.23. The van der Waals surface area contributed by atoms with E-state index in [1.165, 1.54) is 19.2 Å². The summed E-state index contributed by atoms with van der Waals surface area (Å²) in [4.78, 5) is 23.0. The highest BCUT2D eigenvalue weighted by molar-refractivity contribution is 7.92. The van der Waals surface area contributed by atoms with Gasteiger partial charge in [0.05, 0.1) is 29.7 Å². The monoisotopic (exact) mass is 363 g/mol. The average molecular weight is 363 g/mol. The number of carboxylic acids is 1. The number of rotatable bonds is 6. The van der Waals surface area contributed by atoms with E-state index in [1.807, 2.05) is 0 Å². The van der Waals surface area contributed by atoms with E-state index in [4.69, 9.17) is 0 Å². The van der Waals surface area contributed by atoms with E-state index in [1.54, 1.807) is 30.3 Å². The minimum absolute atomic E-state index is 0.0424. The predicted octanol–water partition coefficient (Wildman–Crippen LogP) is 2.14. The third-order valence-electron chi connectivity index (χ3n) is 3.56. The number of nitrogens with zero attached hydrogens (tertiary/aromatic N) is 1. The number of hydrogen-bond acceptors (Lipinski definition) is 5. The van der Waals surface area contributed by atoms with E-state index in [-0.39, 0.29) is 22.6 Å². The van der Waals surface area contributed by atoms with Gasteiger partial charge in [0.1, 0.15) is 0 Å². The molecular weight excluding hydrogens is 346 g/mol. The van der Waals surface area contributed by atoms with Crippen molar-refractivity contribution in [2.75, 3.05) is 18.5 Å². The molecule has 0 aliphatic heterocycles. The highest BCUT2D eigenvalue weighted by Gasteiger charge is 2.22. The molecule has 0 saturated heterocycles. The number of esters is 1. The van der Waals surface area contributed by atoms with Crippen LogP contribution in [-0.4, -0.2) is 39.6 Å². The summed E-state index contributed by atoms with van der Waals surface area (Å²) in [6.45, 7) is 0. The first-order valence-electron chi connectivity index (χ1n) is 7.22. The van der Waals surface area contributed by atoms with E-state index < -0.39 is 22.0 Å². The molecule has 2 aromatic carbocycles. The van der Waals surface area contributed by atoms with Crippen molar-refractivity contribution in [3.8, 4) is 0 Å². The number of carbonyl (C=O) groups is 2. The number of benzene rings is 2. The molecule has 0 amide bonds. The van der Waals surface area contributed by atoms with Gasteiger partial charge in [-0.05, 0) is 23.8 Å². The lowest BCUT2D eigenvalue weighted by Crippen LogP contribution is -2.28. The molecule has 25 heavy (non-hydrogen) atoms. The van der Waals surface area contributed by atoms with Gasteiger partial charge in [0.15, 0.2) is 0 Å². The molecule has 7 nitrogen and oxygen atoms in total. The molecule has 8 heteroatoms. The van der Waals surface area contributed by atoms with Gasteiger partial charge >= 0.3 is 11.9 Å². The first-order valence-corrected chi connectivity index (χ1v) is 8.83. The molecule has 2 aromatic rings. The maximum absolute atomic E-state index is 12.6. The number of hydrogen-bond donors (Lipinski definition) is 1. The molecule has 0 unspecified atom stereocenters. The van der Waals surface area contributed by atoms with Crippen LogP contribution in [0.5, 0.6) is 0 Å². The standard InChI is InChI=1S/C17H17NO6S/c1-18(25(22,23)11-12-6-4-3-5-7-12)15-9-13(16(19)20)8-14(10-15)17(21)24-2/h3-10H,11H2,1-2H3,(H,19,20). The molecule has 1 N–H and O–H groups in total. The van der Waals surface area contributed by atoms with Gasteiger partial charge in [0.25, 0.3) is 0 Å². The summed E-state index contributed by atoms with van der Waals surface area (Å²) in [6, 6.07) is 12.2. The summed E-state index contributed by atoms with van der Waals surface area (Å²) in [5, 5.41) is 9.19. The van der Waals surface area contributed by atoms with Crippen LogP contribution in [0.1, 0.15) is 26.3 Å². The highest BCUT2D eigenvalue weighted by atomic mass is 32.2. The molecule has 0 saturated carbocycles. The van der Waals surface area contributed by atoms with Crippen molar-refractivity contribution >= 4 is 27.6 Å². The zero-order chi connectivity index (χ0) is 18.6. The van der Waals surface area contributed by atoms with Crippen LogP contribution in [0, 0.1) is 0 Å². The van der Waals surface area contributed by atoms with E-state index in [0.29, 0.717) is 5.56 Å². The van der Waals surface area contributed by atoms with E-state index in [9.17, 15) is 23.1 Å². The zero-order valence-electron chi connectivity index (χ0n) is 13.7. The smallest absolute Gasteiger partial charge is 0.337 e. The SMILES string of the molecule is COC(=O)c1cc(C(=O)O)cc(N(C)S(=O)(=O)Cc2ccccc2)c1. The van der Waals surface area contributed by atoms with Gasteiger partial charge in [0, 0.05) is 7.05 Å². The largest absolute Gasteiger partial charge is 0.478 e. The Bertz CT molecular complexity index is 893. The molecule has 0 aliphatic carbocycles. The summed E-state index contributed by atoms with van der Waals surface area (Å²) in [7, 11) is -1.31. The zero-order valence-corrected chi connectivity index (χ0v) is 14.5. The van der Waals surface area contributed by atoms with Gasteiger partial charge in [-0.25, -0.2) is 18.0 Å². The summed E-state index contributed by atoms with van der Waals surface area (Å²) in [6.07, 6.45) is 0. The first-order chi connectivity index (χ1) is 11.7. The number of carbonyl (C=O) groups excluding carboxylic acids is 1. The molecule has 0 heterocycles. The van der Waals surface area contributed by atoms with Gasteiger partial charge in [0.2, 0.25) is 10.0 Å². The Labute approximate surface area is 145 Å². The van der Waals surface area contributed by atoms with Crippen molar-refractivity contribution in [3.05, 3.63) is 65.2 Å². The molecule has 132 valence electrons. The summed E-state index contributed by atoms with van der Waals surface area (Å²) in [5.74, 6) is -2.28. The molecule has 2 rings (SSSR count). The number of anilines is 1. The van der Waals surface area contributed by atoms with E-state index in [0.717, 1.165) is 17.5 Å². The van der Waals surface area contributed by atoms with Gasteiger partial charge in [-0.2, -0.15) is 0 Å². The van der Waals surface area contributed by atoms with Crippen molar-refractivity contribution in [1.29, 1.82) is 0 Å². The third kappa shape index (κ3) is 4.36. The molecule has 0 spiro atoms. The van der Waals surface area contributed by atoms with Crippen LogP contribution in [0.3, 0.4) is 0 Å². The van der Waals surface area contributed by atoms with Gasteiger partial charge < -0.3 is 9.84 Å². The van der Waals surface area contributed by atoms with Crippen LogP contribution >= 0.6 is 0 Å².